The highest BCUT2D eigenvalue weighted by molar-refractivity contribution is 5.92. The Kier molecular flexibility index (Phi) is 6.20. The maximum absolute atomic E-state index is 12.5. The molecule has 4 rings (SSSR count). The summed E-state index contributed by atoms with van der Waals surface area (Å²) in [6.45, 7) is 5.43. The normalized spacial score (nSPS) is 17.4. The second kappa shape index (κ2) is 9.18. The summed E-state index contributed by atoms with van der Waals surface area (Å²) in [5, 5.41) is 2.97. The Morgan fingerprint density at radius 1 is 1.10 bits per heavy atom. The average Bonchev–Trinajstić information content (AvgIpc) is 2.96. The van der Waals surface area contributed by atoms with E-state index in [0.29, 0.717) is 25.5 Å². The summed E-state index contributed by atoms with van der Waals surface area (Å²) in [4.78, 5) is 14.7. The van der Waals surface area contributed by atoms with Crippen LogP contribution in [0.5, 0.6) is 17.2 Å². The molecular formula is C23H28N2O4. The van der Waals surface area contributed by atoms with E-state index in [1.165, 1.54) is 0 Å². The SMILES string of the molecule is Cc1ccccc1OC1CCN(CC(=O)Nc2ccc3c(c2)OCCCO3)CC1. The van der Waals surface area contributed by atoms with Gasteiger partial charge in [0.2, 0.25) is 5.91 Å². The lowest BCUT2D eigenvalue weighted by Crippen LogP contribution is -2.42. The number of aryl methyl sites for hydroxylation is 1. The molecule has 0 radical (unpaired) electrons. The first-order valence-corrected chi connectivity index (χ1v) is 10.3. The van der Waals surface area contributed by atoms with Crippen LogP contribution in [0, 0.1) is 6.92 Å². The molecule has 1 amide bonds. The molecule has 0 unspecified atom stereocenters. The van der Waals surface area contributed by atoms with Crippen LogP contribution in [0.25, 0.3) is 0 Å². The Bertz CT molecular complexity index is 847. The monoisotopic (exact) mass is 396 g/mol. The summed E-state index contributed by atoms with van der Waals surface area (Å²) >= 11 is 0. The Labute approximate surface area is 171 Å². The molecule has 2 heterocycles. The van der Waals surface area contributed by atoms with Crippen molar-refractivity contribution in [3.05, 3.63) is 48.0 Å². The topological polar surface area (TPSA) is 60.0 Å². The molecular weight excluding hydrogens is 368 g/mol. The van der Waals surface area contributed by atoms with Crippen molar-refractivity contribution in [2.75, 3.05) is 38.2 Å². The van der Waals surface area contributed by atoms with Crippen molar-refractivity contribution in [2.24, 2.45) is 0 Å². The summed E-state index contributed by atoms with van der Waals surface area (Å²) in [6, 6.07) is 13.6. The highest BCUT2D eigenvalue weighted by atomic mass is 16.5. The van der Waals surface area contributed by atoms with E-state index < -0.39 is 0 Å². The Morgan fingerprint density at radius 2 is 1.86 bits per heavy atom. The minimum Gasteiger partial charge on any atom is -0.490 e. The van der Waals surface area contributed by atoms with Crippen LogP contribution < -0.4 is 19.5 Å². The van der Waals surface area contributed by atoms with Gasteiger partial charge in [0.05, 0.1) is 19.8 Å². The van der Waals surface area contributed by atoms with Gasteiger partial charge in [-0.1, -0.05) is 18.2 Å². The Balaban J connectivity index is 1.25. The molecule has 154 valence electrons. The maximum Gasteiger partial charge on any atom is 0.238 e. The molecule has 0 aromatic heterocycles. The van der Waals surface area contributed by atoms with E-state index >= 15 is 0 Å². The van der Waals surface area contributed by atoms with Gasteiger partial charge in [-0.15, -0.1) is 0 Å². The molecule has 0 saturated carbocycles. The minimum atomic E-state index is -0.0160. The van der Waals surface area contributed by atoms with Crippen molar-refractivity contribution in [2.45, 2.75) is 32.3 Å². The fourth-order valence-electron chi connectivity index (χ4n) is 3.70. The molecule has 29 heavy (non-hydrogen) atoms. The minimum absolute atomic E-state index is 0.0160. The van der Waals surface area contributed by atoms with E-state index in [9.17, 15) is 4.79 Å². The van der Waals surface area contributed by atoms with Crippen LogP contribution in [0.2, 0.25) is 0 Å². The number of amides is 1. The third kappa shape index (κ3) is 5.21. The Hall–Kier alpha value is -2.73. The smallest absolute Gasteiger partial charge is 0.238 e. The third-order valence-electron chi connectivity index (χ3n) is 5.32. The summed E-state index contributed by atoms with van der Waals surface area (Å²) in [5.41, 5.74) is 1.89. The molecule has 6 heteroatoms. The van der Waals surface area contributed by atoms with Gasteiger partial charge < -0.3 is 19.5 Å². The number of rotatable bonds is 5. The molecule has 1 saturated heterocycles. The molecule has 0 bridgehead atoms. The average molecular weight is 396 g/mol. The lowest BCUT2D eigenvalue weighted by molar-refractivity contribution is -0.117. The van der Waals surface area contributed by atoms with Crippen molar-refractivity contribution in [1.29, 1.82) is 0 Å². The van der Waals surface area contributed by atoms with Gasteiger partial charge in [0.1, 0.15) is 11.9 Å². The van der Waals surface area contributed by atoms with Gasteiger partial charge in [-0.25, -0.2) is 0 Å². The van der Waals surface area contributed by atoms with Crippen LogP contribution in [0.15, 0.2) is 42.5 Å². The number of anilines is 1. The number of benzene rings is 2. The molecule has 2 aromatic carbocycles. The molecule has 0 atom stereocenters. The number of hydrogen-bond donors (Lipinski definition) is 1. The van der Waals surface area contributed by atoms with Crippen LogP contribution >= 0.6 is 0 Å². The largest absolute Gasteiger partial charge is 0.490 e. The first kappa shape index (κ1) is 19.6. The van der Waals surface area contributed by atoms with Gasteiger partial charge in [0.15, 0.2) is 11.5 Å². The van der Waals surface area contributed by atoms with E-state index in [1.807, 2.05) is 36.4 Å². The van der Waals surface area contributed by atoms with Gasteiger partial charge in [0, 0.05) is 31.3 Å². The lowest BCUT2D eigenvalue weighted by Gasteiger charge is -2.32. The van der Waals surface area contributed by atoms with Crippen molar-refractivity contribution < 1.29 is 19.0 Å². The second-order valence-corrected chi connectivity index (χ2v) is 7.62. The van der Waals surface area contributed by atoms with Gasteiger partial charge in [-0.2, -0.15) is 0 Å². The fourth-order valence-corrected chi connectivity index (χ4v) is 3.70. The standard InChI is InChI=1S/C23H28N2O4/c1-17-5-2-3-6-20(17)29-19-9-11-25(12-10-19)16-23(26)24-18-7-8-21-22(15-18)28-14-4-13-27-21/h2-3,5-8,15,19H,4,9-14,16H2,1H3,(H,24,26). The van der Waals surface area contributed by atoms with Gasteiger partial charge in [-0.3, -0.25) is 9.69 Å². The zero-order chi connectivity index (χ0) is 20.1. The second-order valence-electron chi connectivity index (χ2n) is 7.62. The molecule has 0 spiro atoms. The number of likely N-dealkylation sites (tertiary alicyclic amines) is 1. The highest BCUT2D eigenvalue weighted by Crippen LogP contribution is 2.32. The molecule has 2 aliphatic heterocycles. The van der Waals surface area contributed by atoms with Crippen LogP contribution in [0.1, 0.15) is 24.8 Å². The number of hydrogen-bond acceptors (Lipinski definition) is 5. The number of fused-ring (bicyclic) bond motifs is 1. The van der Waals surface area contributed by atoms with Crippen LogP contribution in [-0.2, 0) is 4.79 Å². The number of para-hydroxylation sites is 1. The van der Waals surface area contributed by atoms with Crippen molar-refractivity contribution in [3.8, 4) is 17.2 Å². The first-order valence-electron chi connectivity index (χ1n) is 10.3. The predicted molar refractivity (Wildman–Crippen MR) is 112 cm³/mol. The number of piperidine rings is 1. The van der Waals surface area contributed by atoms with E-state index in [4.69, 9.17) is 14.2 Å². The maximum atomic E-state index is 12.5. The van der Waals surface area contributed by atoms with E-state index in [1.54, 1.807) is 0 Å². The quantitative estimate of drug-likeness (QED) is 0.836. The summed E-state index contributed by atoms with van der Waals surface area (Å²) < 4.78 is 17.5. The van der Waals surface area contributed by atoms with E-state index in [0.717, 1.165) is 55.1 Å². The number of nitrogens with one attached hydrogen (secondary N) is 1. The highest BCUT2D eigenvalue weighted by Gasteiger charge is 2.22. The van der Waals surface area contributed by atoms with E-state index in [2.05, 4.69) is 23.2 Å². The van der Waals surface area contributed by atoms with E-state index in [-0.39, 0.29) is 12.0 Å². The van der Waals surface area contributed by atoms with Crippen molar-refractivity contribution >= 4 is 11.6 Å². The number of carbonyl (C=O) groups is 1. The summed E-state index contributed by atoms with van der Waals surface area (Å²) in [7, 11) is 0. The molecule has 2 aromatic rings. The lowest BCUT2D eigenvalue weighted by atomic mass is 10.1. The number of nitrogens with zero attached hydrogens (tertiary/aromatic N) is 1. The van der Waals surface area contributed by atoms with Crippen LogP contribution in [-0.4, -0.2) is 49.8 Å². The van der Waals surface area contributed by atoms with Crippen molar-refractivity contribution in [3.63, 3.8) is 0 Å². The molecule has 2 aliphatic rings. The molecule has 0 aliphatic carbocycles. The molecule has 6 nitrogen and oxygen atoms in total. The zero-order valence-electron chi connectivity index (χ0n) is 16.9. The van der Waals surface area contributed by atoms with Gasteiger partial charge in [0.25, 0.3) is 0 Å². The number of ether oxygens (including phenoxy) is 3. The van der Waals surface area contributed by atoms with Crippen LogP contribution in [0.3, 0.4) is 0 Å². The van der Waals surface area contributed by atoms with Crippen molar-refractivity contribution in [1.82, 2.24) is 4.90 Å². The predicted octanol–water partition coefficient (Wildman–Crippen LogP) is 3.64. The van der Waals surface area contributed by atoms with Crippen LogP contribution in [0.4, 0.5) is 5.69 Å². The van der Waals surface area contributed by atoms with Gasteiger partial charge >= 0.3 is 0 Å². The fraction of sp³-hybridized carbons (Fsp3) is 0.435. The summed E-state index contributed by atoms with van der Waals surface area (Å²) in [5.74, 6) is 2.36. The number of carbonyl (C=O) groups excluding carboxylic acids is 1. The summed E-state index contributed by atoms with van der Waals surface area (Å²) in [6.07, 6.45) is 2.91. The van der Waals surface area contributed by atoms with Gasteiger partial charge in [-0.05, 0) is 43.5 Å². The molecule has 1 N–H and O–H groups in total. The zero-order valence-corrected chi connectivity index (χ0v) is 16.9. The molecule has 1 fully saturated rings. The third-order valence-corrected chi connectivity index (χ3v) is 5.32. The first-order chi connectivity index (χ1) is 14.2. The Morgan fingerprint density at radius 3 is 2.66 bits per heavy atom.